The van der Waals surface area contributed by atoms with E-state index < -0.39 is 23.7 Å². The average Bonchev–Trinajstić information content (AvgIpc) is 3.21. The SMILES string of the molecule is Cc1onc(-c2ccc(-c3ccc(CC(=O)O)cc3)cc2)c1NC(=O)OCCc1cc(F)ccc1F. The lowest BCUT2D eigenvalue weighted by atomic mass is 10.0. The molecule has 1 aromatic heterocycles. The minimum Gasteiger partial charge on any atom is -0.481 e. The van der Waals surface area contributed by atoms with Crippen molar-refractivity contribution in [3.05, 3.63) is 95.3 Å². The maximum absolute atomic E-state index is 13.7. The van der Waals surface area contributed by atoms with Crippen LogP contribution >= 0.6 is 0 Å². The zero-order valence-electron chi connectivity index (χ0n) is 19.3. The van der Waals surface area contributed by atoms with Gasteiger partial charge in [-0.15, -0.1) is 0 Å². The van der Waals surface area contributed by atoms with Gasteiger partial charge in [0, 0.05) is 12.0 Å². The molecule has 3 aromatic carbocycles. The van der Waals surface area contributed by atoms with Crippen LogP contribution in [0, 0.1) is 18.6 Å². The molecule has 0 saturated heterocycles. The van der Waals surface area contributed by atoms with Crippen molar-refractivity contribution in [2.24, 2.45) is 0 Å². The minimum atomic E-state index is -0.885. The number of ether oxygens (including phenoxy) is 1. The van der Waals surface area contributed by atoms with Gasteiger partial charge in [-0.25, -0.2) is 13.6 Å². The molecule has 9 heteroatoms. The number of hydrogen-bond acceptors (Lipinski definition) is 5. The number of anilines is 1. The molecule has 0 aliphatic carbocycles. The highest BCUT2D eigenvalue weighted by Crippen LogP contribution is 2.32. The largest absolute Gasteiger partial charge is 0.481 e. The number of benzene rings is 3. The van der Waals surface area contributed by atoms with Gasteiger partial charge >= 0.3 is 12.1 Å². The summed E-state index contributed by atoms with van der Waals surface area (Å²) in [5.41, 5.74) is 4.09. The molecule has 2 N–H and O–H groups in total. The summed E-state index contributed by atoms with van der Waals surface area (Å²) in [7, 11) is 0. The first-order chi connectivity index (χ1) is 17.3. The zero-order chi connectivity index (χ0) is 25.7. The summed E-state index contributed by atoms with van der Waals surface area (Å²) in [6.07, 6.45) is -0.798. The molecule has 4 rings (SSSR count). The third kappa shape index (κ3) is 5.93. The molecular weight excluding hydrogens is 470 g/mol. The Labute approximate surface area is 205 Å². The normalized spacial score (nSPS) is 10.8. The zero-order valence-corrected chi connectivity index (χ0v) is 19.3. The fraction of sp³-hybridized carbons (Fsp3) is 0.148. The Morgan fingerprint density at radius 2 is 1.61 bits per heavy atom. The number of amides is 1. The van der Waals surface area contributed by atoms with Crippen molar-refractivity contribution in [1.82, 2.24) is 5.16 Å². The Hall–Kier alpha value is -4.53. The minimum absolute atomic E-state index is 0.0191. The first-order valence-electron chi connectivity index (χ1n) is 11.1. The Bertz CT molecular complexity index is 1380. The van der Waals surface area contributed by atoms with Gasteiger partial charge in [-0.2, -0.15) is 0 Å². The molecule has 0 atom stereocenters. The Balaban J connectivity index is 1.41. The molecule has 0 unspecified atom stereocenters. The van der Waals surface area contributed by atoms with Gasteiger partial charge < -0.3 is 14.4 Å². The van der Waals surface area contributed by atoms with Gasteiger partial charge in [0.2, 0.25) is 0 Å². The Kier molecular flexibility index (Phi) is 7.39. The van der Waals surface area contributed by atoms with Crippen LogP contribution in [0.1, 0.15) is 16.9 Å². The monoisotopic (exact) mass is 492 g/mol. The van der Waals surface area contributed by atoms with Crippen LogP contribution in [0.5, 0.6) is 0 Å². The molecule has 184 valence electrons. The molecule has 4 aromatic rings. The van der Waals surface area contributed by atoms with Gasteiger partial charge in [0.15, 0.2) is 5.76 Å². The standard InChI is InChI=1S/C27H22F2N2O5/c1-16-25(30-27(34)35-13-12-21-15-22(28)10-11-23(21)29)26(31-36-16)20-8-6-19(7-9-20)18-4-2-17(3-5-18)14-24(32)33/h2-11,15H,12-14H2,1H3,(H,30,34)(H,32,33). The van der Waals surface area contributed by atoms with E-state index in [1.165, 1.54) is 0 Å². The third-order valence-corrected chi connectivity index (χ3v) is 5.50. The smallest absolute Gasteiger partial charge is 0.411 e. The maximum Gasteiger partial charge on any atom is 0.411 e. The van der Waals surface area contributed by atoms with Crippen LogP contribution in [0.4, 0.5) is 19.3 Å². The molecule has 0 aliphatic heterocycles. The van der Waals surface area contributed by atoms with Gasteiger partial charge in [-0.1, -0.05) is 53.7 Å². The van der Waals surface area contributed by atoms with Gasteiger partial charge in [-0.05, 0) is 47.4 Å². The van der Waals surface area contributed by atoms with Crippen LogP contribution in [0.3, 0.4) is 0 Å². The van der Waals surface area contributed by atoms with Crippen molar-refractivity contribution in [1.29, 1.82) is 0 Å². The Morgan fingerprint density at radius 1 is 0.972 bits per heavy atom. The molecule has 1 amide bonds. The number of aromatic nitrogens is 1. The average molecular weight is 492 g/mol. The fourth-order valence-electron chi connectivity index (χ4n) is 3.65. The lowest BCUT2D eigenvalue weighted by Crippen LogP contribution is -2.16. The molecule has 36 heavy (non-hydrogen) atoms. The molecule has 0 spiro atoms. The predicted octanol–water partition coefficient (Wildman–Crippen LogP) is 6.01. The van der Waals surface area contributed by atoms with Gasteiger partial charge in [0.25, 0.3) is 0 Å². The van der Waals surface area contributed by atoms with Crippen molar-refractivity contribution in [3.8, 4) is 22.4 Å². The van der Waals surface area contributed by atoms with Gasteiger partial charge in [0.1, 0.15) is 23.0 Å². The predicted molar refractivity (Wildman–Crippen MR) is 128 cm³/mol. The van der Waals surface area contributed by atoms with Crippen LogP contribution in [0.25, 0.3) is 22.4 Å². The number of carboxylic acid groups (broad SMARTS) is 1. The van der Waals surface area contributed by atoms with Crippen LogP contribution in [-0.4, -0.2) is 28.9 Å². The van der Waals surface area contributed by atoms with E-state index >= 15 is 0 Å². The lowest BCUT2D eigenvalue weighted by Gasteiger charge is -2.09. The molecule has 0 fully saturated rings. The molecule has 1 heterocycles. The van der Waals surface area contributed by atoms with E-state index in [0.29, 0.717) is 28.3 Å². The van der Waals surface area contributed by atoms with Crippen LogP contribution in [-0.2, 0) is 22.4 Å². The van der Waals surface area contributed by atoms with E-state index in [9.17, 15) is 18.4 Å². The number of aliphatic carboxylic acids is 1. The number of aryl methyl sites for hydroxylation is 1. The van der Waals surface area contributed by atoms with Crippen molar-refractivity contribution < 1.29 is 32.7 Å². The molecule has 0 radical (unpaired) electrons. The third-order valence-electron chi connectivity index (χ3n) is 5.50. The van der Waals surface area contributed by atoms with E-state index in [-0.39, 0.29) is 25.0 Å². The number of carboxylic acids is 1. The second-order valence-corrected chi connectivity index (χ2v) is 8.05. The van der Waals surface area contributed by atoms with Crippen molar-refractivity contribution in [2.45, 2.75) is 19.8 Å². The topological polar surface area (TPSA) is 102 Å². The summed E-state index contributed by atoms with van der Waals surface area (Å²) in [5, 5.41) is 15.5. The maximum atomic E-state index is 13.7. The number of carbonyl (C=O) groups is 2. The van der Waals surface area contributed by atoms with E-state index in [1.54, 1.807) is 19.1 Å². The summed E-state index contributed by atoms with van der Waals surface area (Å²) in [6, 6.07) is 17.8. The number of nitrogens with one attached hydrogen (secondary N) is 1. The van der Waals surface area contributed by atoms with E-state index in [2.05, 4.69) is 10.5 Å². The number of halogens is 2. The quantitative estimate of drug-likeness (QED) is 0.312. The Morgan fingerprint density at radius 3 is 2.28 bits per heavy atom. The van der Waals surface area contributed by atoms with E-state index in [4.69, 9.17) is 14.4 Å². The summed E-state index contributed by atoms with van der Waals surface area (Å²) in [4.78, 5) is 23.2. The summed E-state index contributed by atoms with van der Waals surface area (Å²) in [6.45, 7) is 1.49. The second-order valence-electron chi connectivity index (χ2n) is 8.05. The fourth-order valence-corrected chi connectivity index (χ4v) is 3.65. The van der Waals surface area contributed by atoms with Crippen LogP contribution in [0.2, 0.25) is 0 Å². The molecule has 7 nitrogen and oxygen atoms in total. The van der Waals surface area contributed by atoms with Gasteiger partial charge in [0.05, 0.1) is 13.0 Å². The highest BCUT2D eigenvalue weighted by molar-refractivity contribution is 5.91. The van der Waals surface area contributed by atoms with Gasteiger partial charge in [-0.3, -0.25) is 10.1 Å². The van der Waals surface area contributed by atoms with Crippen molar-refractivity contribution in [3.63, 3.8) is 0 Å². The lowest BCUT2D eigenvalue weighted by molar-refractivity contribution is -0.136. The molecule has 0 aliphatic rings. The van der Waals surface area contributed by atoms with Crippen molar-refractivity contribution >= 4 is 17.7 Å². The molecule has 0 bridgehead atoms. The number of hydrogen-bond donors (Lipinski definition) is 2. The van der Waals surface area contributed by atoms with E-state index in [0.717, 1.165) is 29.3 Å². The second kappa shape index (κ2) is 10.8. The number of nitrogens with zero attached hydrogens (tertiary/aromatic N) is 1. The van der Waals surface area contributed by atoms with Crippen LogP contribution in [0.15, 0.2) is 71.3 Å². The van der Waals surface area contributed by atoms with Crippen LogP contribution < -0.4 is 5.32 Å². The molecule has 0 saturated carbocycles. The first-order valence-corrected chi connectivity index (χ1v) is 11.1. The number of carbonyl (C=O) groups excluding carboxylic acids is 1. The summed E-state index contributed by atoms with van der Waals surface area (Å²) in [5.74, 6) is -1.65. The first kappa shape index (κ1) is 24.6. The highest BCUT2D eigenvalue weighted by atomic mass is 19.1. The summed E-state index contributed by atoms with van der Waals surface area (Å²) >= 11 is 0. The highest BCUT2D eigenvalue weighted by Gasteiger charge is 2.18. The van der Waals surface area contributed by atoms with Crippen molar-refractivity contribution in [2.75, 3.05) is 11.9 Å². The molecular formula is C27H22F2N2O5. The summed E-state index contributed by atoms with van der Waals surface area (Å²) < 4.78 is 37.4. The van der Waals surface area contributed by atoms with E-state index in [1.807, 2.05) is 36.4 Å². The number of rotatable bonds is 8.